The Balaban J connectivity index is 2.03. The first kappa shape index (κ1) is 18.7. The fourth-order valence-corrected chi connectivity index (χ4v) is 2.90. The first-order valence-corrected chi connectivity index (χ1v) is 9.79. The first-order chi connectivity index (χ1) is 11.7. The van der Waals surface area contributed by atoms with Gasteiger partial charge in [-0.05, 0) is 41.3 Å². The molecule has 0 aromatic heterocycles. The van der Waals surface area contributed by atoms with E-state index in [0.717, 1.165) is 23.1 Å². The lowest BCUT2D eigenvalue weighted by Gasteiger charge is -2.12. The maximum absolute atomic E-state index is 12.1. The van der Waals surface area contributed by atoms with Crippen molar-refractivity contribution in [3.63, 3.8) is 0 Å². The van der Waals surface area contributed by atoms with Crippen LogP contribution in [-0.2, 0) is 14.8 Å². The van der Waals surface area contributed by atoms with Crippen LogP contribution in [0.2, 0.25) is 0 Å². The van der Waals surface area contributed by atoms with Crippen molar-refractivity contribution in [3.8, 4) is 0 Å². The molecule has 0 spiro atoms. The van der Waals surface area contributed by atoms with Crippen LogP contribution >= 0.6 is 0 Å². The fraction of sp³-hybridized carbons (Fsp3) is 0.211. The van der Waals surface area contributed by atoms with Crippen LogP contribution in [0.25, 0.3) is 6.08 Å². The van der Waals surface area contributed by atoms with Crippen molar-refractivity contribution in [1.82, 2.24) is 0 Å². The molecule has 0 atom stereocenters. The van der Waals surface area contributed by atoms with Gasteiger partial charge >= 0.3 is 0 Å². The van der Waals surface area contributed by atoms with Crippen molar-refractivity contribution >= 4 is 33.4 Å². The number of benzene rings is 2. The molecule has 0 fully saturated rings. The molecular weight excluding hydrogens is 336 g/mol. The Kier molecular flexibility index (Phi) is 5.98. The van der Waals surface area contributed by atoms with Crippen LogP contribution in [0.3, 0.4) is 0 Å². The van der Waals surface area contributed by atoms with Crippen molar-refractivity contribution in [2.45, 2.75) is 19.8 Å². The number of hydrogen-bond acceptors (Lipinski definition) is 3. The normalized spacial score (nSPS) is 11.7. The quantitative estimate of drug-likeness (QED) is 0.771. The summed E-state index contributed by atoms with van der Waals surface area (Å²) in [7, 11) is -3.29. The summed E-state index contributed by atoms with van der Waals surface area (Å²) in [6.07, 6.45) is 4.23. The van der Waals surface area contributed by atoms with Crippen molar-refractivity contribution in [2.24, 2.45) is 0 Å². The van der Waals surface area contributed by atoms with Gasteiger partial charge in [0.1, 0.15) is 0 Å². The lowest BCUT2D eigenvalue weighted by atomic mass is 10.0. The highest BCUT2D eigenvalue weighted by molar-refractivity contribution is 7.92. The summed E-state index contributed by atoms with van der Waals surface area (Å²) in [5.74, 6) is 0.0989. The van der Waals surface area contributed by atoms with E-state index in [0.29, 0.717) is 11.6 Å². The van der Waals surface area contributed by atoms with Crippen LogP contribution < -0.4 is 10.0 Å². The number of para-hydroxylation sites is 1. The van der Waals surface area contributed by atoms with Crippen molar-refractivity contribution in [1.29, 1.82) is 0 Å². The summed E-state index contributed by atoms with van der Waals surface area (Å²) in [6, 6.07) is 14.5. The van der Waals surface area contributed by atoms with Gasteiger partial charge in [0.2, 0.25) is 15.9 Å². The Morgan fingerprint density at radius 2 is 1.68 bits per heavy atom. The van der Waals surface area contributed by atoms with Crippen LogP contribution in [0.4, 0.5) is 11.4 Å². The smallest absolute Gasteiger partial charge is 0.248 e. The summed E-state index contributed by atoms with van der Waals surface area (Å²) in [5.41, 5.74) is 3.17. The fourth-order valence-electron chi connectivity index (χ4n) is 2.34. The van der Waals surface area contributed by atoms with Crippen molar-refractivity contribution in [2.75, 3.05) is 16.3 Å². The Bertz CT molecular complexity index is 870. The Hall–Kier alpha value is -2.60. The van der Waals surface area contributed by atoms with E-state index < -0.39 is 10.0 Å². The molecule has 0 heterocycles. The lowest BCUT2D eigenvalue weighted by Crippen LogP contribution is -2.10. The van der Waals surface area contributed by atoms with Gasteiger partial charge in [0.15, 0.2) is 0 Å². The predicted octanol–water partition coefficient (Wildman–Crippen LogP) is 3.83. The van der Waals surface area contributed by atoms with Crippen LogP contribution in [0.1, 0.15) is 30.9 Å². The number of sulfonamides is 1. The highest BCUT2D eigenvalue weighted by Crippen LogP contribution is 2.23. The SMILES string of the molecule is CC(C)c1ccccc1NC(=O)/C=C/c1ccc(NS(C)(=O)=O)cc1. The average Bonchev–Trinajstić information content (AvgIpc) is 2.53. The third-order valence-electron chi connectivity index (χ3n) is 3.48. The molecule has 0 aliphatic heterocycles. The van der Waals surface area contributed by atoms with E-state index in [-0.39, 0.29) is 5.91 Å². The number of rotatable bonds is 6. The molecular formula is C19H22N2O3S. The highest BCUT2D eigenvalue weighted by atomic mass is 32.2. The molecule has 0 radical (unpaired) electrons. The van der Waals surface area contributed by atoms with Crippen molar-refractivity contribution in [3.05, 3.63) is 65.7 Å². The topological polar surface area (TPSA) is 75.3 Å². The van der Waals surface area contributed by atoms with Crippen molar-refractivity contribution < 1.29 is 13.2 Å². The van der Waals surface area contributed by atoms with E-state index in [9.17, 15) is 13.2 Å². The Labute approximate surface area is 148 Å². The van der Waals surface area contributed by atoms with Crippen LogP contribution in [0.15, 0.2) is 54.6 Å². The largest absolute Gasteiger partial charge is 0.322 e. The maximum Gasteiger partial charge on any atom is 0.248 e. The number of carbonyl (C=O) groups excluding carboxylic acids is 1. The minimum absolute atomic E-state index is 0.216. The molecule has 0 aliphatic carbocycles. The molecule has 25 heavy (non-hydrogen) atoms. The zero-order valence-electron chi connectivity index (χ0n) is 14.5. The number of amides is 1. The van der Waals surface area contributed by atoms with Gasteiger partial charge in [0.25, 0.3) is 0 Å². The number of anilines is 2. The molecule has 2 rings (SSSR count). The molecule has 0 bridgehead atoms. The molecule has 0 saturated heterocycles. The second-order valence-corrected chi connectivity index (χ2v) is 7.81. The Morgan fingerprint density at radius 3 is 2.28 bits per heavy atom. The van der Waals surface area contributed by atoms with Crippen LogP contribution in [0.5, 0.6) is 0 Å². The van der Waals surface area contributed by atoms with E-state index in [1.807, 2.05) is 24.3 Å². The zero-order valence-corrected chi connectivity index (χ0v) is 15.3. The second kappa shape index (κ2) is 7.98. The van der Waals surface area contributed by atoms with E-state index >= 15 is 0 Å². The lowest BCUT2D eigenvalue weighted by molar-refractivity contribution is -0.111. The summed E-state index contributed by atoms with van der Waals surface area (Å²) < 4.78 is 24.7. The molecule has 0 saturated carbocycles. The van der Waals surface area contributed by atoms with Crippen LogP contribution in [0, 0.1) is 0 Å². The molecule has 2 aromatic carbocycles. The highest BCUT2D eigenvalue weighted by Gasteiger charge is 2.07. The minimum atomic E-state index is -3.29. The van der Waals surface area contributed by atoms with Gasteiger partial charge in [-0.25, -0.2) is 8.42 Å². The zero-order chi connectivity index (χ0) is 18.4. The summed E-state index contributed by atoms with van der Waals surface area (Å²) in [4.78, 5) is 12.1. The van der Waals surface area contributed by atoms with E-state index in [1.165, 1.54) is 6.08 Å². The third kappa shape index (κ3) is 6.08. The third-order valence-corrected chi connectivity index (χ3v) is 4.09. The van der Waals surface area contributed by atoms with Gasteiger partial charge in [-0.1, -0.05) is 44.2 Å². The first-order valence-electron chi connectivity index (χ1n) is 7.90. The van der Waals surface area contributed by atoms with E-state index in [2.05, 4.69) is 23.9 Å². The van der Waals surface area contributed by atoms with Crippen LogP contribution in [-0.4, -0.2) is 20.6 Å². The summed E-state index contributed by atoms with van der Waals surface area (Å²) in [5, 5.41) is 2.89. The molecule has 0 aliphatic rings. The minimum Gasteiger partial charge on any atom is -0.322 e. The predicted molar refractivity (Wildman–Crippen MR) is 103 cm³/mol. The molecule has 2 aromatic rings. The van der Waals surface area contributed by atoms with Gasteiger partial charge in [-0.15, -0.1) is 0 Å². The summed E-state index contributed by atoms with van der Waals surface area (Å²) >= 11 is 0. The van der Waals surface area contributed by atoms with Gasteiger partial charge in [0.05, 0.1) is 6.26 Å². The number of nitrogens with one attached hydrogen (secondary N) is 2. The molecule has 0 unspecified atom stereocenters. The van der Waals surface area contributed by atoms with Gasteiger partial charge in [-0.2, -0.15) is 0 Å². The van der Waals surface area contributed by atoms with Gasteiger partial charge in [-0.3, -0.25) is 9.52 Å². The molecule has 6 heteroatoms. The molecule has 1 amide bonds. The Morgan fingerprint density at radius 1 is 1.04 bits per heavy atom. The number of carbonyl (C=O) groups is 1. The van der Waals surface area contributed by atoms with Gasteiger partial charge in [0, 0.05) is 17.5 Å². The van der Waals surface area contributed by atoms with E-state index in [1.54, 1.807) is 30.3 Å². The van der Waals surface area contributed by atoms with E-state index in [4.69, 9.17) is 0 Å². The standard InChI is InChI=1S/C19H22N2O3S/c1-14(2)17-6-4-5-7-18(17)20-19(22)13-10-15-8-11-16(12-9-15)21-25(3,23)24/h4-14,21H,1-3H3,(H,20,22)/b13-10+. The number of hydrogen-bond donors (Lipinski definition) is 2. The second-order valence-electron chi connectivity index (χ2n) is 6.06. The monoisotopic (exact) mass is 358 g/mol. The average molecular weight is 358 g/mol. The van der Waals surface area contributed by atoms with Gasteiger partial charge < -0.3 is 5.32 Å². The molecule has 2 N–H and O–H groups in total. The molecule has 132 valence electrons. The maximum atomic E-state index is 12.1. The summed E-state index contributed by atoms with van der Waals surface area (Å²) in [6.45, 7) is 4.15. The molecule has 5 nitrogen and oxygen atoms in total.